The molecule has 0 aliphatic carbocycles. The molecule has 11 heteroatoms. The molecule has 228 valence electrons. The quantitative estimate of drug-likeness (QED) is 0.330. The number of amides is 4. The van der Waals surface area contributed by atoms with Gasteiger partial charge >= 0.3 is 6.03 Å². The summed E-state index contributed by atoms with van der Waals surface area (Å²) in [5.41, 5.74) is 2.36. The summed E-state index contributed by atoms with van der Waals surface area (Å²) in [5, 5.41) is 18.4. The number of phenolic OH excluding ortho intramolecular Hbond substituents is 1. The number of carbonyl (C=O) groups is 3. The lowest BCUT2D eigenvalue weighted by Crippen LogP contribution is -2.62. The predicted octanol–water partition coefficient (Wildman–Crippen LogP) is 3.06. The van der Waals surface area contributed by atoms with Crippen molar-refractivity contribution in [3.8, 4) is 5.75 Å². The second-order valence-electron chi connectivity index (χ2n) is 10.6. The molecule has 0 aromatic heterocycles. The molecule has 0 spiro atoms. The zero-order valence-corrected chi connectivity index (χ0v) is 24.4. The summed E-state index contributed by atoms with van der Waals surface area (Å²) in [6, 6.07) is 20.3. The number of phenols is 1. The van der Waals surface area contributed by atoms with Gasteiger partial charge in [-0.25, -0.2) is 14.2 Å². The molecule has 1 aliphatic rings. The van der Waals surface area contributed by atoms with Crippen LogP contribution in [0.25, 0.3) is 0 Å². The van der Waals surface area contributed by atoms with Crippen LogP contribution in [0.1, 0.15) is 23.6 Å². The maximum Gasteiger partial charge on any atom is 0.332 e. The Bertz CT molecular complexity index is 1370. The van der Waals surface area contributed by atoms with Crippen LogP contribution in [0.5, 0.6) is 5.75 Å². The Morgan fingerprint density at radius 1 is 1.02 bits per heavy atom. The fourth-order valence-electron chi connectivity index (χ4n) is 5.04. The molecule has 3 aromatic rings. The lowest BCUT2D eigenvalue weighted by Gasteiger charge is -2.40. The van der Waals surface area contributed by atoms with Gasteiger partial charge in [0.2, 0.25) is 11.8 Å². The fourth-order valence-corrected chi connectivity index (χ4v) is 5.04. The number of nitrogens with zero attached hydrogens (tertiary/aromatic N) is 3. The molecule has 3 N–H and O–H groups in total. The molecule has 10 nitrogen and oxygen atoms in total. The molecule has 0 unspecified atom stereocenters. The van der Waals surface area contributed by atoms with E-state index in [0.717, 1.165) is 11.1 Å². The summed E-state index contributed by atoms with van der Waals surface area (Å²) < 4.78 is 19.4. The van der Waals surface area contributed by atoms with Gasteiger partial charge in [-0.1, -0.05) is 54.6 Å². The number of ether oxygens (including phenoxy) is 1. The largest absolute Gasteiger partial charge is 0.508 e. The monoisotopic (exact) mass is 591 g/mol. The lowest BCUT2D eigenvalue weighted by molar-refractivity contribution is -0.142. The van der Waals surface area contributed by atoms with Crippen LogP contribution >= 0.6 is 0 Å². The summed E-state index contributed by atoms with van der Waals surface area (Å²) in [6.45, 7) is 2.66. The third-order valence-corrected chi connectivity index (χ3v) is 7.12. The molecule has 0 bridgehead atoms. The second-order valence-corrected chi connectivity index (χ2v) is 10.6. The highest BCUT2D eigenvalue weighted by Gasteiger charge is 2.34. The molecule has 2 atom stereocenters. The van der Waals surface area contributed by atoms with Crippen molar-refractivity contribution in [2.75, 3.05) is 33.3 Å². The zero-order valence-electron chi connectivity index (χ0n) is 24.4. The van der Waals surface area contributed by atoms with Crippen LogP contribution < -0.4 is 10.6 Å². The average Bonchev–Trinajstić information content (AvgIpc) is 2.98. The van der Waals surface area contributed by atoms with Crippen molar-refractivity contribution in [3.05, 3.63) is 101 Å². The van der Waals surface area contributed by atoms with Gasteiger partial charge < -0.3 is 25.4 Å². The van der Waals surface area contributed by atoms with Gasteiger partial charge in [-0.3, -0.25) is 14.6 Å². The Labute approximate surface area is 251 Å². The summed E-state index contributed by atoms with van der Waals surface area (Å²) in [5.74, 6) is -0.999. The number of benzene rings is 3. The highest BCUT2D eigenvalue weighted by molar-refractivity contribution is 5.89. The summed E-state index contributed by atoms with van der Waals surface area (Å²) in [6.07, 6.45) is 0.213. The molecule has 0 saturated carbocycles. The van der Waals surface area contributed by atoms with Crippen LogP contribution in [-0.2, 0) is 33.9 Å². The van der Waals surface area contributed by atoms with Crippen LogP contribution in [0, 0.1) is 5.82 Å². The Balaban J connectivity index is 1.51. The number of rotatable bonds is 9. The molecule has 4 rings (SSSR count). The number of hydrogen-bond donors (Lipinski definition) is 3. The highest BCUT2D eigenvalue weighted by Crippen LogP contribution is 2.15. The zero-order chi connectivity index (χ0) is 30.8. The Morgan fingerprint density at radius 2 is 1.74 bits per heavy atom. The third-order valence-electron chi connectivity index (χ3n) is 7.12. The van der Waals surface area contributed by atoms with Gasteiger partial charge in [0.1, 0.15) is 17.6 Å². The number of likely N-dealkylation sites (N-methyl/N-ethyl adjacent to an activating group) is 1. The van der Waals surface area contributed by atoms with E-state index in [4.69, 9.17) is 4.74 Å². The normalized spacial score (nSPS) is 18.3. The van der Waals surface area contributed by atoms with E-state index in [0.29, 0.717) is 12.1 Å². The molecule has 1 fully saturated rings. The molecule has 4 amide bonds. The van der Waals surface area contributed by atoms with Gasteiger partial charge in [-0.15, -0.1) is 0 Å². The topological polar surface area (TPSA) is 114 Å². The number of halogens is 1. The lowest BCUT2D eigenvalue weighted by atomic mass is 10.0. The molecule has 3 aromatic carbocycles. The van der Waals surface area contributed by atoms with Gasteiger partial charge in [0, 0.05) is 33.1 Å². The number of carbonyl (C=O) groups excluding carboxylic acids is 3. The van der Waals surface area contributed by atoms with Gasteiger partial charge in [-0.05, 0) is 47.9 Å². The first-order chi connectivity index (χ1) is 20.7. The SMILES string of the molecule is C[C@@H]1CN(CCOCc2cccc(F)c2)C(=O)[C@H](Cc2ccc(O)cc2)NC(=O)CN(C)N1C(=O)NCc1ccccc1. The highest BCUT2D eigenvalue weighted by atomic mass is 19.1. The van der Waals surface area contributed by atoms with Crippen LogP contribution in [0.4, 0.5) is 9.18 Å². The smallest absolute Gasteiger partial charge is 0.332 e. The first-order valence-electron chi connectivity index (χ1n) is 14.2. The van der Waals surface area contributed by atoms with Crippen molar-refractivity contribution in [2.24, 2.45) is 0 Å². The predicted molar refractivity (Wildman–Crippen MR) is 159 cm³/mol. The standard InChI is InChI=1S/C32H38FN5O5/c1-23-20-37(15-16-43-22-26-9-6-10-27(33)17-26)31(41)29(18-24-11-13-28(39)14-12-24)35-30(40)21-36(2)38(23)32(42)34-19-25-7-4-3-5-8-25/h3-14,17,23,29,39H,15-16,18-22H2,1-2H3,(H,34,42)(H,35,40)/t23-,29+/m1/s1. The van der Waals surface area contributed by atoms with E-state index in [2.05, 4.69) is 10.6 Å². The minimum absolute atomic E-state index is 0.100. The van der Waals surface area contributed by atoms with E-state index in [1.54, 1.807) is 41.2 Å². The summed E-state index contributed by atoms with van der Waals surface area (Å²) in [7, 11) is 1.66. The van der Waals surface area contributed by atoms with E-state index in [-0.39, 0.29) is 56.7 Å². The Kier molecular flexibility index (Phi) is 11.1. The number of hydrogen-bond acceptors (Lipinski definition) is 6. The van der Waals surface area contributed by atoms with Crippen molar-refractivity contribution in [3.63, 3.8) is 0 Å². The van der Waals surface area contributed by atoms with Crippen LogP contribution in [0.3, 0.4) is 0 Å². The van der Waals surface area contributed by atoms with Gasteiger partial charge in [0.25, 0.3) is 0 Å². The van der Waals surface area contributed by atoms with Gasteiger partial charge in [0.05, 0.1) is 25.8 Å². The molecule has 1 saturated heterocycles. The van der Waals surface area contributed by atoms with Gasteiger partial charge in [0.15, 0.2) is 0 Å². The van der Waals surface area contributed by atoms with Crippen molar-refractivity contribution >= 4 is 17.8 Å². The van der Waals surface area contributed by atoms with Crippen molar-refractivity contribution < 1.29 is 28.6 Å². The Morgan fingerprint density at radius 3 is 2.47 bits per heavy atom. The molecular weight excluding hydrogens is 553 g/mol. The number of aromatic hydroxyl groups is 1. The van der Waals surface area contributed by atoms with E-state index < -0.39 is 24.0 Å². The van der Waals surface area contributed by atoms with Gasteiger partial charge in [-0.2, -0.15) is 0 Å². The number of hydrazine groups is 1. The molecule has 1 heterocycles. The number of nitrogens with one attached hydrogen (secondary N) is 2. The van der Waals surface area contributed by atoms with Crippen LogP contribution in [-0.4, -0.2) is 83.2 Å². The number of urea groups is 1. The van der Waals surface area contributed by atoms with Crippen molar-refractivity contribution in [2.45, 2.75) is 38.6 Å². The molecule has 1 aliphatic heterocycles. The third kappa shape index (κ3) is 9.25. The molecule has 43 heavy (non-hydrogen) atoms. The fraction of sp³-hybridized carbons (Fsp3) is 0.344. The van der Waals surface area contributed by atoms with Crippen molar-refractivity contribution in [1.82, 2.24) is 25.6 Å². The van der Waals surface area contributed by atoms with Crippen molar-refractivity contribution in [1.29, 1.82) is 0 Å². The van der Waals surface area contributed by atoms with E-state index >= 15 is 0 Å². The second kappa shape index (κ2) is 15.1. The summed E-state index contributed by atoms with van der Waals surface area (Å²) >= 11 is 0. The van der Waals surface area contributed by atoms with E-state index in [9.17, 15) is 23.9 Å². The van der Waals surface area contributed by atoms with Crippen LogP contribution in [0.15, 0.2) is 78.9 Å². The molecule has 0 radical (unpaired) electrons. The van der Waals surface area contributed by atoms with E-state index in [1.807, 2.05) is 37.3 Å². The minimum atomic E-state index is -0.876. The molecular formula is C32H38FN5O5. The maximum absolute atomic E-state index is 13.9. The van der Waals surface area contributed by atoms with E-state index in [1.165, 1.54) is 29.3 Å². The first kappa shape index (κ1) is 31.5. The van der Waals surface area contributed by atoms with Crippen LogP contribution in [0.2, 0.25) is 0 Å². The Hall–Kier alpha value is -4.48. The minimum Gasteiger partial charge on any atom is -0.508 e. The average molecular weight is 592 g/mol. The maximum atomic E-state index is 13.9. The summed E-state index contributed by atoms with van der Waals surface area (Å²) in [4.78, 5) is 42.0. The first-order valence-corrected chi connectivity index (χ1v) is 14.2.